The number of carboxylic acid groups (broad SMARTS) is 1. The molecule has 0 aliphatic carbocycles. The topological polar surface area (TPSA) is 110 Å². The molecule has 8 nitrogen and oxygen atoms in total. The van der Waals surface area contributed by atoms with Crippen molar-refractivity contribution in [1.29, 1.82) is 0 Å². The number of hydrogen-bond donors (Lipinski definition) is 3. The van der Waals surface area contributed by atoms with Gasteiger partial charge in [-0.3, -0.25) is 0 Å². The van der Waals surface area contributed by atoms with E-state index in [2.05, 4.69) is 9.97 Å². The van der Waals surface area contributed by atoms with Crippen LogP contribution in [-0.4, -0.2) is 75.7 Å². The quantitative estimate of drug-likeness (QED) is 0.704. The van der Waals surface area contributed by atoms with Crippen molar-refractivity contribution in [2.45, 2.75) is 5.41 Å². The molecular weight excluding hydrogens is 355 g/mol. The lowest BCUT2D eigenvalue weighted by Gasteiger charge is -2.34. The van der Waals surface area contributed by atoms with Gasteiger partial charge in [-0.05, 0) is 17.7 Å². The van der Waals surface area contributed by atoms with Crippen LogP contribution in [0.1, 0.15) is 11.1 Å². The van der Waals surface area contributed by atoms with Crippen molar-refractivity contribution in [1.82, 2.24) is 14.9 Å². The fraction of sp³-hybridized carbons (Fsp3) is 0.389. The Hall–Kier alpha value is -2.78. The van der Waals surface area contributed by atoms with Gasteiger partial charge >= 0.3 is 6.09 Å². The number of aliphatic hydroxyl groups is 2. The van der Waals surface area contributed by atoms with Gasteiger partial charge in [0.1, 0.15) is 5.82 Å². The Bertz CT molecular complexity index is 773. The van der Waals surface area contributed by atoms with Crippen molar-refractivity contribution in [2.75, 3.05) is 44.3 Å². The van der Waals surface area contributed by atoms with Gasteiger partial charge in [-0.15, -0.1) is 0 Å². The SMILES string of the molecule is O=C(O)N1CCN(c2ncc(C(CO)(CO)c3ccc(F)cc3)cn2)CC1. The van der Waals surface area contributed by atoms with Crippen LogP contribution in [0, 0.1) is 5.82 Å². The second-order valence-electron chi connectivity index (χ2n) is 6.43. The Balaban J connectivity index is 1.82. The van der Waals surface area contributed by atoms with Crippen molar-refractivity contribution in [3.05, 3.63) is 53.6 Å². The van der Waals surface area contributed by atoms with E-state index in [1.54, 1.807) is 0 Å². The number of amides is 1. The van der Waals surface area contributed by atoms with E-state index in [1.807, 2.05) is 4.90 Å². The molecule has 0 radical (unpaired) electrons. The van der Waals surface area contributed by atoms with E-state index < -0.39 is 30.5 Å². The molecule has 9 heteroatoms. The molecular formula is C18H21FN4O4. The highest BCUT2D eigenvalue weighted by Crippen LogP contribution is 2.31. The third-order valence-electron chi connectivity index (χ3n) is 4.96. The van der Waals surface area contributed by atoms with Gasteiger partial charge in [-0.2, -0.15) is 0 Å². The van der Waals surface area contributed by atoms with Crippen LogP contribution in [0.3, 0.4) is 0 Å². The van der Waals surface area contributed by atoms with Gasteiger partial charge in [0.25, 0.3) is 0 Å². The number of hydrogen-bond acceptors (Lipinski definition) is 6. The predicted octanol–water partition coefficient (Wildman–Crippen LogP) is 0.686. The minimum Gasteiger partial charge on any atom is -0.465 e. The Kier molecular flexibility index (Phi) is 5.52. The molecule has 1 saturated heterocycles. The number of piperazine rings is 1. The number of aromatic nitrogens is 2. The van der Waals surface area contributed by atoms with Gasteiger partial charge in [0.05, 0.1) is 18.6 Å². The third kappa shape index (κ3) is 3.69. The molecule has 0 spiro atoms. The minimum atomic E-state index is -1.14. The summed E-state index contributed by atoms with van der Waals surface area (Å²) in [5, 5.41) is 28.9. The summed E-state index contributed by atoms with van der Waals surface area (Å²) in [4.78, 5) is 22.9. The van der Waals surface area contributed by atoms with E-state index in [4.69, 9.17) is 5.11 Å². The molecule has 2 aromatic rings. The molecule has 1 amide bonds. The van der Waals surface area contributed by atoms with E-state index in [1.165, 1.54) is 41.6 Å². The van der Waals surface area contributed by atoms with Crippen molar-refractivity contribution in [2.24, 2.45) is 0 Å². The number of halogens is 1. The second-order valence-corrected chi connectivity index (χ2v) is 6.43. The van der Waals surface area contributed by atoms with E-state index in [0.717, 1.165) is 0 Å². The van der Waals surface area contributed by atoms with Gasteiger partial charge in [0.2, 0.25) is 5.95 Å². The Morgan fingerprint density at radius 2 is 1.56 bits per heavy atom. The molecule has 3 N–H and O–H groups in total. The van der Waals surface area contributed by atoms with Gasteiger partial charge in [0, 0.05) is 44.1 Å². The number of carbonyl (C=O) groups is 1. The van der Waals surface area contributed by atoms with Crippen LogP contribution in [0.4, 0.5) is 15.1 Å². The first-order chi connectivity index (χ1) is 13.0. The van der Waals surface area contributed by atoms with E-state index in [9.17, 15) is 19.4 Å². The summed E-state index contributed by atoms with van der Waals surface area (Å²) >= 11 is 0. The molecule has 3 rings (SSSR count). The van der Waals surface area contributed by atoms with Gasteiger partial charge in [0.15, 0.2) is 0 Å². The number of rotatable bonds is 5. The zero-order chi connectivity index (χ0) is 19.4. The summed E-state index contributed by atoms with van der Waals surface area (Å²) in [6, 6.07) is 5.57. The average molecular weight is 376 g/mol. The first-order valence-electron chi connectivity index (χ1n) is 8.53. The van der Waals surface area contributed by atoms with Crippen LogP contribution in [0.15, 0.2) is 36.7 Å². The lowest BCUT2D eigenvalue weighted by Crippen LogP contribution is -2.48. The zero-order valence-electron chi connectivity index (χ0n) is 14.6. The van der Waals surface area contributed by atoms with Crippen molar-refractivity contribution >= 4 is 12.0 Å². The number of aliphatic hydroxyl groups excluding tert-OH is 2. The molecule has 0 atom stereocenters. The van der Waals surface area contributed by atoms with E-state index in [0.29, 0.717) is 43.3 Å². The van der Waals surface area contributed by atoms with Gasteiger partial charge in [-0.1, -0.05) is 12.1 Å². The lowest BCUT2D eigenvalue weighted by atomic mass is 9.77. The largest absolute Gasteiger partial charge is 0.465 e. The minimum absolute atomic E-state index is 0.368. The monoisotopic (exact) mass is 376 g/mol. The summed E-state index contributed by atoms with van der Waals surface area (Å²) in [6.07, 6.45) is 2.12. The lowest BCUT2D eigenvalue weighted by molar-refractivity contribution is 0.142. The summed E-state index contributed by atoms with van der Waals surface area (Å²) in [5.41, 5.74) is -0.0822. The number of benzene rings is 1. The average Bonchev–Trinajstić information content (AvgIpc) is 2.71. The van der Waals surface area contributed by atoms with Crippen molar-refractivity contribution < 1.29 is 24.5 Å². The maximum Gasteiger partial charge on any atom is 0.407 e. The highest BCUT2D eigenvalue weighted by molar-refractivity contribution is 5.65. The molecule has 144 valence electrons. The highest BCUT2D eigenvalue weighted by Gasteiger charge is 2.34. The molecule has 0 saturated carbocycles. The van der Waals surface area contributed by atoms with Crippen molar-refractivity contribution in [3.8, 4) is 0 Å². The van der Waals surface area contributed by atoms with Crippen LogP contribution in [0.5, 0.6) is 0 Å². The van der Waals surface area contributed by atoms with Crippen LogP contribution < -0.4 is 4.90 Å². The number of nitrogens with zero attached hydrogens (tertiary/aromatic N) is 4. The molecule has 0 unspecified atom stereocenters. The fourth-order valence-electron chi connectivity index (χ4n) is 3.18. The van der Waals surface area contributed by atoms with Crippen LogP contribution in [0.2, 0.25) is 0 Å². The zero-order valence-corrected chi connectivity index (χ0v) is 14.6. The summed E-state index contributed by atoms with van der Waals surface area (Å²) in [7, 11) is 0. The smallest absolute Gasteiger partial charge is 0.407 e. The second kappa shape index (κ2) is 7.85. The van der Waals surface area contributed by atoms with Crippen molar-refractivity contribution in [3.63, 3.8) is 0 Å². The third-order valence-corrected chi connectivity index (χ3v) is 4.96. The van der Waals surface area contributed by atoms with Crippen LogP contribution >= 0.6 is 0 Å². The normalized spacial score (nSPS) is 15.1. The molecule has 1 aliphatic heterocycles. The maximum atomic E-state index is 13.2. The van der Waals surface area contributed by atoms with Gasteiger partial charge < -0.3 is 25.1 Å². The maximum absolute atomic E-state index is 13.2. The predicted molar refractivity (Wildman–Crippen MR) is 95.2 cm³/mol. The highest BCUT2D eigenvalue weighted by atomic mass is 19.1. The fourth-order valence-corrected chi connectivity index (χ4v) is 3.18. The number of anilines is 1. The van der Waals surface area contributed by atoms with E-state index >= 15 is 0 Å². The Morgan fingerprint density at radius 1 is 1.00 bits per heavy atom. The summed E-state index contributed by atoms with van der Waals surface area (Å²) < 4.78 is 13.2. The van der Waals surface area contributed by atoms with E-state index in [-0.39, 0.29) is 0 Å². The standard InChI is InChI=1S/C18H21FN4O4/c19-15-3-1-13(2-4-15)18(11-24,12-25)14-9-20-16(21-10-14)22-5-7-23(8-6-22)17(26)27/h1-4,9-10,24-25H,5-8,11-12H2,(H,26,27). The molecule has 27 heavy (non-hydrogen) atoms. The molecule has 1 aromatic heterocycles. The Morgan fingerprint density at radius 3 is 2.04 bits per heavy atom. The molecule has 1 fully saturated rings. The first-order valence-corrected chi connectivity index (χ1v) is 8.53. The first kappa shape index (κ1) is 19.0. The Labute approximate surface area is 155 Å². The van der Waals surface area contributed by atoms with Crippen LogP contribution in [-0.2, 0) is 5.41 Å². The van der Waals surface area contributed by atoms with Crippen LogP contribution in [0.25, 0.3) is 0 Å². The summed E-state index contributed by atoms with van der Waals surface area (Å²) in [5.74, 6) is 0.0447. The molecule has 1 aliphatic rings. The van der Waals surface area contributed by atoms with Gasteiger partial charge in [-0.25, -0.2) is 19.2 Å². The molecule has 2 heterocycles. The molecule has 0 bridgehead atoms. The molecule has 1 aromatic carbocycles. The summed E-state index contributed by atoms with van der Waals surface area (Å²) in [6.45, 7) is 0.911.